The van der Waals surface area contributed by atoms with E-state index in [1.54, 1.807) is 21.3 Å². The van der Waals surface area contributed by atoms with Gasteiger partial charge in [0.25, 0.3) is 0 Å². The van der Waals surface area contributed by atoms with Crippen molar-refractivity contribution in [3.05, 3.63) is 108 Å². The average molecular weight is 538 g/mol. The molecule has 0 fully saturated rings. The molecule has 4 rings (SSSR count). The lowest BCUT2D eigenvalue weighted by molar-refractivity contribution is 0.140. The average Bonchev–Trinajstić information content (AvgIpc) is 2.98. The van der Waals surface area contributed by atoms with Gasteiger partial charge in [-0.2, -0.15) is 15.3 Å². The Kier molecular flexibility index (Phi) is 9.99. The van der Waals surface area contributed by atoms with Crippen molar-refractivity contribution in [2.45, 2.75) is 13.8 Å². The molecular weight excluding hydrogens is 502 g/mol. The van der Waals surface area contributed by atoms with Gasteiger partial charge in [0, 0.05) is 20.3 Å². The summed E-state index contributed by atoms with van der Waals surface area (Å²) in [6.45, 7) is 4.77. The van der Waals surface area contributed by atoms with E-state index >= 15 is 0 Å². The Morgan fingerprint density at radius 1 is 0.700 bits per heavy atom. The number of benzene rings is 4. The van der Waals surface area contributed by atoms with E-state index in [9.17, 15) is 0 Å². The second-order valence-electron chi connectivity index (χ2n) is 9.15. The topological polar surface area (TPSA) is 71.2 Å². The van der Waals surface area contributed by atoms with Gasteiger partial charge in [-0.15, -0.1) is 0 Å². The highest BCUT2D eigenvalue weighted by atomic mass is 16.5. The highest BCUT2D eigenvalue weighted by Crippen LogP contribution is 2.36. The first-order valence-corrected chi connectivity index (χ1v) is 12.9. The van der Waals surface area contributed by atoms with E-state index < -0.39 is 0 Å². The SMILES string of the molecule is COCN(COC)c1cc(C)c(N=Nc2ccc(C=NN(c3ccccc3)c3ccccc3)c(C)c2)cc1OC. The first-order valence-electron chi connectivity index (χ1n) is 12.9. The summed E-state index contributed by atoms with van der Waals surface area (Å²) in [5, 5.41) is 15.8. The fourth-order valence-corrected chi connectivity index (χ4v) is 4.19. The number of hydrogen-bond acceptors (Lipinski definition) is 8. The smallest absolute Gasteiger partial charge is 0.144 e. The monoisotopic (exact) mass is 537 g/mol. The van der Waals surface area contributed by atoms with Crippen LogP contribution >= 0.6 is 0 Å². The molecule has 0 atom stereocenters. The third-order valence-electron chi connectivity index (χ3n) is 6.25. The van der Waals surface area contributed by atoms with E-state index in [1.807, 2.05) is 121 Å². The number of hydrazone groups is 1. The van der Waals surface area contributed by atoms with Crippen LogP contribution in [0.5, 0.6) is 5.75 Å². The Balaban J connectivity index is 1.56. The van der Waals surface area contributed by atoms with E-state index in [0.29, 0.717) is 19.2 Å². The van der Waals surface area contributed by atoms with Crippen LogP contribution in [-0.4, -0.2) is 41.0 Å². The van der Waals surface area contributed by atoms with Crippen molar-refractivity contribution in [2.75, 3.05) is 44.7 Å². The van der Waals surface area contributed by atoms with Gasteiger partial charge in [0.1, 0.15) is 19.2 Å². The van der Waals surface area contributed by atoms with Crippen LogP contribution in [0.1, 0.15) is 16.7 Å². The van der Waals surface area contributed by atoms with Crippen LogP contribution in [0.2, 0.25) is 0 Å². The number of rotatable bonds is 12. The maximum absolute atomic E-state index is 5.64. The fraction of sp³-hybridized carbons (Fsp3) is 0.219. The zero-order valence-corrected chi connectivity index (χ0v) is 23.6. The Hall–Kier alpha value is -4.53. The Bertz CT molecular complexity index is 1400. The highest BCUT2D eigenvalue weighted by Gasteiger charge is 2.15. The molecule has 0 aliphatic heterocycles. The van der Waals surface area contributed by atoms with Gasteiger partial charge in [0.2, 0.25) is 0 Å². The van der Waals surface area contributed by atoms with Crippen LogP contribution in [0.4, 0.5) is 28.4 Å². The van der Waals surface area contributed by atoms with E-state index in [2.05, 4.69) is 10.2 Å². The Morgan fingerprint density at radius 2 is 1.32 bits per heavy atom. The van der Waals surface area contributed by atoms with Gasteiger partial charge in [-0.25, -0.2) is 5.01 Å². The molecule has 206 valence electrons. The van der Waals surface area contributed by atoms with E-state index in [4.69, 9.17) is 19.3 Å². The summed E-state index contributed by atoms with van der Waals surface area (Å²) in [5.74, 6) is 0.665. The standard InChI is InChI=1S/C32H35N5O3/c1-24-18-27(34-35-30-20-32(40-5)31(19-25(30)2)36(22-38-3)23-39-4)17-16-26(24)21-33-37(28-12-8-6-9-13-28)29-14-10-7-11-15-29/h6-21H,22-23H2,1-5H3. The van der Waals surface area contributed by atoms with Crippen molar-refractivity contribution in [3.8, 4) is 5.75 Å². The Labute approximate surface area is 236 Å². The van der Waals surface area contributed by atoms with Crippen LogP contribution in [0, 0.1) is 13.8 Å². The van der Waals surface area contributed by atoms with Crippen molar-refractivity contribution in [2.24, 2.45) is 15.3 Å². The molecule has 4 aromatic rings. The lowest BCUT2D eigenvalue weighted by Gasteiger charge is -2.25. The molecular formula is C32H35N5O3. The summed E-state index contributed by atoms with van der Waals surface area (Å²) in [7, 11) is 4.92. The summed E-state index contributed by atoms with van der Waals surface area (Å²) in [6, 6.07) is 30.0. The maximum atomic E-state index is 5.64. The predicted molar refractivity (Wildman–Crippen MR) is 162 cm³/mol. The third kappa shape index (κ3) is 7.11. The number of azo groups is 1. The molecule has 0 spiro atoms. The van der Waals surface area contributed by atoms with Crippen molar-refractivity contribution < 1.29 is 14.2 Å². The normalized spacial score (nSPS) is 11.3. The van der Waals surface area contributed by atoms with Crippen LogP contribution < -0.4 is 14.6 Å². The van der Waals surface area contributed by atoms with Crippen LogP contribution in [0.15, 0.2) is 106 Å². The molecule has 0 saturated heterocycles. The van der Waals surface area contributed by atoms with Crippen LogP contribution in [0.3, 0.4) is 0 Å². The van der Waals surface area contributed by atoms with Gasteiger partial charge < -0.3 is 19.1 Å². The molecule has 4 aromatic carbocycles. The van der Waals surface area contributed by atoms with Gasteiger partial charge in [-0.05, 0) is 73.0 Å². The summed E-state index contributed by atoms with van der Waals surface area (Å²) in [6.07, 6.45) is 1.87. The molecule has 0 unspecified atom stereocenters. The molecule has 0 amide bonds. The number of ether oxygens (including phenoxy) is 3. The van der Waals surface area contributed by atoms with Crippen molar-refractivity contribution in [1.29, 1.82) is 0 Å². The summed E-state index contributed by atoms with van der Waals surface area (Å²) in [5.41, 5.74) is 7.30. The second kappa shape index (κ2) is 14.0. The first-order chi connectivity index (χ1) is 19.5. The highest BCUT2D eigenvalue weighted by molar-refractivity contribution is 5.84. The number of para-hydroxylation sites is 2. The molecule has 8 heteroatoms. The number of methoxy groups -OCH3 is 3. The van der Waals surface area contributed by atoms with Crippen LogP contribution in [-0.2, 0) is 9.47 Å². The molecule has 0 aromatic heterocycles. The van der Waals surface area contributed by atoms with Gasteiger partial charge in [0.15, 0.2) is 0 Å². The third-order valence-corrected chi connectivity index (χ3v) is 6.25. The molecule has 40 heavy (non-hydrogen) atoms. The summed E-state index contributed by atoms with van der Waals surface area (Å²) >= 11 is 0. The first kappa shape index (κ1) is 28.5. The second-order valence-corrected chi connectivity index (χ2v) is 9.15. The number of hydrogen-bond donors (Lipinski definition) is 0. The quantitative estimate of drug-likeness (QED) is 0.0795. The summed E-state index contributed by atoms with van der Waals surface area (Å²) < 4.78 is 16.3. The van der Waals surface area contributed by atoms with Crippen LogP contribution in [0.25, 0.3) is 0 Å². The number of aryl methyl sites for hydroxylation is 2. The van der Waals surface area contributed by atoms with Crippen molar-refractivity contribution in [1.82, 2.24) is 0 Å². The van der Waals surface area contributed by atoms with E-state index in [0.717, 1.165) is 45.1 Å². The number of nitrogens with zero attached hydrogens (tertiary/aromatic N) is 5. The molecule has 0 heterocycles. The van der Waals surface area contributed by atoms with Crippen molar-refractivity contribution >= 4 is 34.7 Å². The lowest BCUT2D eigenvalue weighted by atomic mass is 10.1. The number of anilines is 3. The lowest BCUT2D eigenvalue weighted by Crippen LogP contribution is -2.28. The Morgan fingerprint density at radius 3 is 1.88 bits per heavy atom. The molecule has 8 nitrogen and oxygen atoms in total. The van der Waals surface area contributed by atoms with Gasteiger partial charge in [-0.1, -0.05) is 42.5 Å². The van der Waals surface area contributed by atoms with Crippen molar-refractivity contribution in [3.63, 3.8) is 0 Å². The molecule has 0 saturated carbocycles. The predicted octanol–water partition coefficient (Wildman–Crippen LogP) is 7.91. The minimum Gasteiger partial charge on any atom is -0.494 e. The summed E-state index contributed by atoms with van der Waals surface area (Å²) in [4.78, 5) is 1.94. The molecule has 0 N–H and O–H groups in total. The largest absolute Gasteiger partial charge is 0.494 e. The minimum absolute atomic E-state index is 0.369. The fourth-order valence-electron chi connectivity index (χ4n) is 4.19. The van der Waals surface area contributed by atoms with Gasteiger partial charge >= 0.3 is 0 Å². The molecule has 0 bridgehead atoms. The maximum Gasteiger partial charge on any atom is 0.144 e. The molecule has 0 radical (unpaired) electrons. The molecule has 0 aliphatic rings. The minimum atomic E-state index is 0.369. The zero-order chi connectivity index (χ0) is 28.3. The van der Waals surface area contributed by atoms with E-state index in [1.165, 1.54) is 0 Å². The van der Waals surface area contributed by atoms with Gasteiger partial charge in [-0.3, -0.25) is 0 Å². The van der Waals surface area contributed by atoms with Gasteiger partial charge in [0.05, 0.1) is 41.8 Å². The zero-order valence-electron chi connectivity index (χ0n) is 23.6. The van der Waals surface area contributed by atoms with E-state index in [-0.39, 0.29) is 0 Å². The molecule has 0 aliphatic carbocycles.